The molecule has 1 aliphatic heterocycles. The lowest BCUT2D eigenvalue weighted by Gasteiger charge is -2.22. The highest BCUT2D eigenvalue weighted by Gasteiger charge is 2.23. The zero-order chi connectivity index (χ0) is 14.5. The smallest absolute Gasteiger partial charge is 0.242 e. The molecule has 0 unspecified atom stereocenters. The summed E-state index contributed by atoms with van der Waals surface area (Å²) in [5.41, 5.74) is 1.01. The Bertz CT molecular complexity index is 520. The van der Waals surface area contributed by atoms with Gasteiger partial charge in [-0.1, -0.05) is 29.3 Å². The van der Waals surface area contributed by atoms with Crippen LogP contribution in [0, 0.1) is 0 Å². The summed E-state index contributed by atoms with van der Waals surface area (Å²) in [6.07, 6.45) is 2.64. The van der Waals surface area contributed by atoms with Crippen molar-refractivity contribution in [2.75, 3.05) is 6.54 Å². The van der Waals surface area contributed by atoms with E-state index in [-0.39, 0.29) is 11.8 Å². The Morgan fingerprint density at radius 1 is 1.35 bits per heavy atom. The van der Waals surface area contributed by atoms with Crippen LogP contribution < -0.4 is 10.6 Å². The standard InChI is InChI=1S/C14H16Cl2N2O2/c15-10-5-4-9(8-11(10)16)6-7-17-14(20)12-2-1-3-13(19)18-12/h4-5,8,12H,1-3,6-7H2,(H,17,20)(H,18,19)/t12-/m1/s1. The first-order chi connectivity index (χ1) is 9.56. The van der Waals surface area contributed by atoms with Gasteiger partial charge in [0.1, 0.15) is 6.04 Å². The van der Waals surface area contributed by atoms with Gasteiger partial charge in [-0.15, -0.1) is 0 Å². The van der Waals surface area contributed by atoms with E-state index in [4.69, 9.17) is 23.2 Å². The second-order valence-electron chi connectivity index (χ2n) is 4.80. The third kappa shape index (κ3) is 4.12. The third-order valence-electron chi connectivity index (χ3n) is 3.25. The molecule has 1 aromatic rings. The molecule has 2 amide bonds. The average molecular weight is 315 g/mol. The molecule has 0 aromatic heterocycles. The van der Waals surface area contributed by atoms with Gasteiger partial charge in [-0.3, -0.25) is 9.59 Å². The molecule has 0 saturated carbocycles. The van der Waals surface area contributed by atoms with E-state index >= 15 is 0 Å². The number of hydrogen-bond donors (Lipinski definition) is 2. The zero-order valence-corrected chi connectivity index (χ0v) is 12.4. The molecule has 6 heteroatoms. The molecule has 20 heavy (non-hydrogen) atoms. The van der Waals surface area contributed by atoms with E-state index in [0.717, 1.165) is 12.0 Å². The van der Waals surface area contributed by atoms with Crippen LogP contribution in [0.2, 0.25) is 10.0 Å². The number of carbonyl (C=O) groups is 2. The van der Waals surface area contributed by atoms with Crippen molar-refractivity contribution in [2.24, 2.45) is 0 Å². The minimum Gasteiger partial charge on any atom is -0.354 e. The van der Waals surface area contributed by atoms with Crippen molar-refractivity contribution in [1.29, 1.82) is 0 Å². The number of piperidine rings is 1. The van der Waals surface area contributed by atoms with Crippen molar-refractivity contribution in [2.45, 2.75) is 31.7 Å². The molecule has 0 spiro atoms. The highest BCUT2D eigenvalue weighted by Crippen LogP contribution is 2.22. The van der Waals surface area contributed by atoms with Crippen LogP contribution >= 0.6 is 23.2 Å². The summed E-state index contributed by atoms with van der Waals surface area (Å²) in [7, 11) is 0. The summed E-state index contributed by atoms with van der Waals surface area (Å²) in [5, 5.41) is 6.54. The van der Waals surface area contributed by atoms with E-state index in [1.165, 1.54) is 0 Å². The Kier molecular flexibility index (Phi) is 5.26. The molecule has 0 radical (unpaired) electrons. The van der Waals surface area contributed by atoms with Crippen molar-refractivity contribution < 1.29 is 9.59 Å². The number of halogens is 2. The highest BCUT2D eigenvalue weighted by molar-refractivity contribution is 6.42. The molecule has 2 rings (SSSR count). The molecule has 0 aliphatic carbocycles. The van der Waals surface area contributed by atoms with Crippen LogP contribution in [-0.2, 0) is 16.0 Å². The molecular weight excluding hydrogens is 299 g/mol. The minimum atomic E-state index is -0.398. The fourth-order valence-electron chi connectivity index (χ4n) is 2.15. The zero-order valence-electron chi connectivity index (χ0n) is 10.9. The average Bonchev–Trinajstić information content (AvgIpc) is 2.42. The van der Waals surface area contributed by atoms with Crippen LogP contribution in [0.25, 0.3) is 0 Å². The minimum absolute atomic E-state index is 0.0547. The maximum atomic E-state index is 11.9. The van der Waals surface area contributed by atoms with Crippen LogP contribution in [0.15, 0.2) is 18.2 Å². The van der Waals surface area contributed by atoms with E-state index < -0.39 is 6.04 Å². The molecule has 1 atom stereocenters. The van der Waals surface area contributed by atoms with E-state index in [1.807, 2.05) is 6.07 Å². The quantitative estimate of drug-likeness (QED) is 0.896. The molecule has 0 bridgehead atoms. The van der Waals surface area contributed by atoms with Gasteiger partial charge in [0.15, 0.2) is 0 Å². The monoisotopic (exact) mass is 314 g/mol. The van der Waals surface area contributed by atoms with Gasteiger partial charge in [0.2, 0.25) is 11.8 Å². The largest absolute Gasteiger partial charge is 0.354 e. The molecule has 1 aliphatic rings. The molecule has 1 aromatic carbocycles. The van der Waals surface area contributed by atoms with Crippen molar-refractivity contribution in [3.8, 4) is 0 Å². The van der Waals surface area contributed by atoms with Gasteiger partial charge in [-0.25, -0.2) is 0 Å². The van der Waals surface area contributed by atoms with Crippen LogP contribution in [0.4, 0.5) is 0 Å². The lowest BCUT2D eigenvalue weighted by atomic mass is 10.0. The van der Waals surface area contributed by atoms with Crippen LogP contribution in [0.3, 0.4) is 0 Å². The van der Waals surface area contributed by atoms with Gasteiger partial charge in [0, 0.05) is 13.0 Å². The normalized spacial score (nSPS) is 18.5. The van der Waals surface area contributed by atoms with E-state index in [2.05, 4.69) is 10.6 Å². The summed E-state index contributed by atoms with van der Waals surface area (Å²) in [5.74, 6) is -0.181. The summed E-state index contributed by atoms with van der Waals surface area (Å²) in [6.45, 7) is 0.503. The molecule has 1 saturated heterocycles. The maximum absolute atomic E-state index is 11.9. The Labute approximate surface area is 127 Å². The Morgan fingerprint density at radius 3 is 2.85 bits per heavy atom. The lowest BCUT2D eigenvalue weighted by molar-refractivity contribution is -0.130. The topological polar surface area (TPSA) is 58.2 Å². The van der Waals surface area contributed by atoms with Crippen molar-refractivity contribution in [3.63, 3.8) is 0 Å². The first-order valence-corrected chi connectivity index (χ1v) is 7.33. The van der Waals surface area contributed by atoms with Gasteiger partial charge < -0.3 is 10.6 Å². The molecule has 1 fully saturated rings. The van der Waals surface area contributed by atoms with E-state index in [9.17, 15) is 9.59 Å². The number of hydrogen-bond acceptors (Lipinski definition) is 2. The SMILES string of the molecule is O=C1CCC[C@H](C(=O)NCCc2ccc(Cl)c(Cl)c2)N1. The van der Waals surface area contributed by atoms with Gasteiger partial charge in [0.25, 0.3) is 0 Å². The van der Waals surface area contributed by atoms with Gasteiger partial charge in [0.05, 0.1) is 10.0 Å². The Morgan fingerprint density at radius 2 is 2.15 bits per heavy atom. The maximum Gasteiger partial charge on any atom is 0.242 e. The van der Waals surface area contributed by atoms with Crippen LogP contribution in [-0.4, -0.2) is 24.4 Å². The second kappa shape index (κ2) is 6.95. The molecule has 4 nitrogen and oxygen atoms in total. The van der Waals surface area contributed by atoms with Gasteiger partial charge in [-0.05, 0) is 37.0 Å². The number of rotatable bonds is 4. The van der Waals surface area contributed by atoms with Crippen molar-refractivity contribution in [3.05, 3.63) is 33.8 Å². The van der Waals surface area contributed by atoms with Crippen LogP contribution in [0.5, 0.6) is 0 Å². The highest BCUT2D eigenvalue weighted by atomic mass is 35.5. The first kappa shape index (κ1) is 15.1. The summed E-state index contributed by atoms with van der Waals surface area (Å²) < 4.78 is 0. The van der Waals surface area contributed by atoms with Crippen LogP contribution in [0.1, 0.15) is 24.8 Å². The number of benzene rings is 1. The molecule has 2 N–H and O–H groups in total. The lowest BCUT2D eigenvalue weighted by Crippen LogP contribution is -2.49. The van der Waals surface area contributed by atoms with Gasteiger partial charge in [-0.2, -0.15) is 0 Å². The fourth-order valence-corrected chi connectivity index (χ4v) is 2.47. The summed E-state index contributed by atoms with van der Waals surface area (Å²) >= 11 is 11.8. The second-order valence-corrected chi connectivity index (χ2v) is 5.62. The first-order valence-electron chi connectivity index (χ1n) is 6.57. The predicted molar refractivity (Wildman–Crippen MR) is 79.0 cm³/mol. The third-order valence-corrected chi connectivity index (χ3v) is 3.98. The fraction of sp³-hybridized carbons (Fsp3) is 0.429. The van der Waals surface area contributed by atoms with Gasteiger partial charge >= 0.3 is 0 Å². The predicted octanol–water partition coefficient (Wildman–Crippen LogP) is 2.32. The molecule has 108 valence electrons. The van der Waals surface area contributed by atoms with E-state index in [1.54, 1.807) is 12.1 Å². The molecule has 1 heterocycles. The number of amides is 2. The number of nitrogens with one attached hydrogen (secondary N) is 2. The Balaban J connectivity index is 1.78. The number of carbonyl (C=O) groups excluding carboxylic acids is 2. The van der Waals surface area contributed by atoms with Crippen molar-refractivity contribution >= 4 is 35.0 Å². The van der Waals surface area contributed by atoms with Crippen molar-refractivity contribution in [1.82, 2.24) is 10.6 Å². The Hall–Kier alpha value is -1.26. The van der Waals surface area contributed by atoms with E-state index in [0.29, 0.717) is 35.9 Å². The molecular formula is C14H16Cl2N2O2. The summed E-state index contributed by atoms with van der Waals surface area (Å²) in [4.78, 5) is 23.1. The summed E-state index contributed by atoms with van der Waals surface area (Å²) in [6, 6.07) is 5.01.